The second-order valence-electron chi connectivity index (χ2n) is 11.8. The molecule has 2 fully saturated rings. The summed E-state index contributed by atoms with van der Waals surface area (Å²) in [5, 5.41) is 1.53. The lowest BCUT2D eigenvalue weighted by Crippen LogP contribution is -2.32. The normalized spacial score (nSPS) is 21.8. The number of ether oxygens (including phenoxy) is 1. The van der Waals surface area contributed by atoms with Crippen molar-refractivity contribution in [3.05, 3.63) is 104 Å². The van der Waals surface area contributed by atoms with Gasteiger partial charge in [-0.15, -0.1) is 0 Å². The van der Waals surface area contributed by atoms with E-state index in [1.165, 1.54) is 28.7 Å². The number of amides is 2. The van der Waals surface area contributed by atoms with Crippen molar-refractivity contribution in [2.45, 2.75) is 20.3 Å². The molecule has 4 atom stereocenters. The van der Waals surface area contributed by atoms with Gasteiger partial charge in [0, 0.05) is 26.6 Å². The van der Waals surface area contributed by atoms with Crippen LogP contribution in [0.25, 0.3) is 22.2 Å². The molecule has 10 heteroatoms. The van der Waals surface area contributed by atoms with Gasteiger partial charge in [-0.25, -0.2) is 9.78 Å². The Labute approximate surface area is 273 Å². The van der Waals surface area contributed by atoms with Crippen molar-refractivity contribution in [2.75, 3.05) is 11.5 Å². The number of carbonyl (C=O) groups excluding carboxylic acids is 4. The number of imide groups is 1. The van der Waals surface area contributed by atoms with Crippen molar-refractivity contribution in [3.63, 3.8) is 0 Å². The van der Waals surface area contributed by atoms with E-state index in [1.54, 1.807) is 49.4 Å². The first-order valence-electron chi connectivity index (χ1n) is 14.4. The molecule has 2 heterocycles. The predicted molar refractivity (Wildman–Crippen MR) is 173 cm³/mol. The van der Waals surface area contributed by atoms with Gasteiger partial charge in [0.05, 0.1) is 39.3 Å². The lowest BCUT2D eigenvalue weighted by molar-refractivity contribution is -0.123. The van der Waals surface area contributed by atoms with Crippen LogP contribution in [0.1, 0.15) is 39.6 Å². The number of hydrogen-bond donors (Lipinski definition) is 0. The summed E-state index contributed by atoms with van der Waals surface area (Å²) in [5.41, 5.74) is 4.36. The van der Waals surface area contributed by atoms with Gasteiger partial charge in [-0.3, -0.25) is 19.3 Å². The molecule has 1 aromatic heterocycles. The quantitative estimate of drug-likeness (QED) is 0.0904. The van der Waals surface area contributed by atoms with Crippen molar-refractivity contribution < 1.29 is 23.9 Å². The summed E-state index contributed by atoms with van der Waals surface area (Å²) in [4.78, 5) is 59.1. The summed E-state index contributed by atoms with van der Waals surface area (Å²) in [6, 6.07) is 16.4. The monoisotopic (exact) mass is 658 g/mol. The van der Waals surface area contributed by atoms with E-state index < -0.39 is 18.4 Å². The summed E-state index contributed by atoms with van der Waals surface area (Å²) in [6.45, 7) is 3.31. The van der Waals surface area contributed by atoms with Crippen molar-refractivity contribution in [1.29, 1.82) is 0 Å². The molecule has 0 radical (unpaired) electrons. The van der Waals surface area contributed by atoms with Gasteiger partial charge in [-0.05, 0) is 80.1 Å². The Bertz CT molecular complexity index is 2010. The minimum atomic E-state index is -0.723. The van der Waals surface area contributed by atoms with Gasteiger partial charge in [0.1, 0.15) is 0 Å². The van der Waals surface area contributed by atoms with E-state index in [1.807, 2.05) is 6.92 Å². The number of pyridine rings is 1. The highest BCUT2D eigenvalue weighted by Crippen LogP contribution is 2.56. The average molecular weight is 660 g/mol. The van der Waals surface area contributed by atoms with Crippen molar-refractivity contribution in [1.82, 2.24) is 4.98 Å². The summed E-state index contributed by atoms with van der Waals surface area (Å²) >= 11 is 18.5. The zero-order valence-corrected chi connectivity index (χ0v) is 26.4. The van der Waals surface area contributed by atoms with Crippen LogP contribution >= 0.6 is 34.8 Å². The third-order valence-corrected chi connectivity index (χ3v) is 10.2. The Kier molecular flexibility index (Phi) is 7.31. The molecule has 7 nitrogen and oxygen atoms in total. The molecule has 4 unspecified atom stereocenters. The Balaban J connectivity index is 1.18. The van der Waals surface area contributed by atoms with Gasteiger partial charge in [0.15, 0.2) is 6.61 Å². The van der Waals surface area contributed by atoms with Gasteiger partial charge in [-0.2, -0.15) is 0 Å². The number of Topliss-reactive ketones (excluding diaryl/α,β-unsaturated/α-hetero) is 1. The van der Waals surface area contributed by atoms with E-state index in [-0.39, 0.29) is 51.6 Å². The number of benzene rings is 3. The molecule has 0 N–H and O–H groups in total. The number of esters is 1. The minimum Gasteiger partial charge on any atom is -0.454 e. The lowest BCUT2D eigenvalue weighted by atomic mass is 9.82. The van der Waals surface area contributed by atoms with Crippen LogP contribution in [-0.4, -0.2) is 35.2 Å². The standard InChI is InChI=1S/C35H25Cl3N2O5/c1-16-11-19-12-24(16)31-30(19)33(42)40(34(31)43)21-6-3-18(4-7-21)28-14-25(22-9-10-26(37)17(2)32(22)39-28)35(44)45-15-29(41)23-8-5-20(36)13-27(23)38/h3-11,13-14,19,24,30-31H,12,15H2,1-2H3. The minimum absolute atomic E-state index is 0.120. The molecule has 1 saturated heterocycles. The number of aromatic nitrogens is 1. The zero-order valence-electron chi connectivity index (χ0n) is 24.1. The number of carbonyl (C=O) groups is 4. The molecule has 4 aromatic rings. The van der Waals surface area contributed by atoms with Crippen LogP contribution in [0.4, 0.5) is 5.69 Å². The third-order valence-electron chi connectivity index (χ3n) is 9.26. The average Bonchev–Trinajstić information content (AvgIpc) is 3.66. The highest BCUT2D eigenvalue weighted by molar-refractivity contribution is 6.37. The Morgan fingerprint density at radius 3 is 2.36 bits per heavy atom. The second-order valence-corrected chi connectivity index (χ2v) is 13.0. The van der Waals surface area contributed by atoms with E-state index in [0.29, 0.717) is 43.5 Å². The Morgan fingerprint density at radius 1 is 0.889 bits per heavy atom. The van der Waals surface area contributed by atoms with Gasteiger partial charge in [0.25, 0.3) is 0 Å². The summed E-state index contributed by atoms with van der Waals surface area (Å²) in [7, 11) is 0. The number of anilines is 1. The molecule has 1 saturated carbocycles. The van der Waals surface area contributed by atoms with Crippen LogP contribution in [0, 0.1) is 30.6 Å². The van der Waals surface area contributed by atoms with Crippen LogP contribution in [0.15, 0.2) is 72.3 Å². The number of fused-ring (bicyclic) bond motifs is 6. The fourth-order valence-electron chi connectivity index (χ4n) is 7.03. The number of aryl methyl sites for hydroxylation is 1. The van der Waals surface area contributed by atoms with Gasteiger partial charge >= 0.3 is 5.97 Å². The summed E-state index contributed by atoms with van der Waals surface area (Å²) in [5.74, 6) is -1.83. The summed E-state index contributed by atoms with van der Waals surface area (Å²) < 4.78 is 5.45. The first-order valence-corrected chi connectivity index (χ1v) is 15.6. The number of nitrogens with zero attached hydrogens (tertiary/aromatic N) is 2. The predicted octanol–water partition coefficient (Wildman–Crippen LogP) is 7.91. The fraction of sp³-hybridized carbons (Fsp3) is 0.229. The molecular formula is C35H25Cl3N2O5. The number of ketones is 1. The third kappa shape index (κ3) is 4.85. The van der Waals surface area contributed by atoms with Crippen LogP contribution in [-0.2, 0) is 14.3 Å². The molecule has 3 aromatic carbocycles. The Hall–Kier alpha value is -4.04. The summed E-state index contributed by atoms with van der Waals surface area (Å²) in [6.07, 6.45) is 3.02. The second kappa shape index (κ2) is 11.1. The van der Waals surface area contributed by atoms with Gasteiger partial charge in [-0.1, -0.05) is 64.7 Å². The van der Waals surface area contributed by atoms with Crippen molar-refractivity contribution >= 4 is 75.0 Å². The van der Waals surface area contributed by atoms with Crippen LogP contribution < -0.4 is 4.90 Å². The maximum atomic E-state index is 13.4. The van der Waals surface area contributed by atoms with E-state index in [9.17, 15) is 19.2 Å². The smallest absolute Gasteiger partial charge is 0.339 e. The first-order chi connectivity index (χ1) is 21.5. The number of rotatable bonds is 6. The van der Waals surface area contributed by atoms with Gasteiger partial charge in [0.2, 0.25) is 17.6 Å². The molecular weight excluding hydrogens is 635 g/mol. The highest BCUT2D eigenvalue weighted by atomic mass is 35.5. The zero-order chi connectivity index (χ0) is 31.7. The van der Waals surface area contributed by atoms with E-state index in [4.69, 9.17) is 44.5 Å². The van der Waals surface area contributed by atoms with Crippen molar-refractivity contribution in [2.24, 2.45) is 23.7 Å². The number of hydrogen-bond acceptors (Lipinski definition) is 6. The van der Waals surface area contributed by atoms with Crippen LogP contribution in [0.2, 0.25) is 15.1 Å². The van der Waals surface area contributed by atoms with E-state index >= 15 is 0 Å². The molecule has 2 amide bonds. The molecule has 2 bridgehead atoms. The van der Waals surface area contributed by atoms with E-state index in [2.05, 4.69) is 6.08 Å². The molecule has 226 valence electrons. The highest BCUT2D eigenvalue weighted by Gasteiger charge is 2.60. The fourth-order valence-corrected chi connectivity index (χ4v) is 7.70. The van der Waals surface area contributed by atoms with Crippen LogP contribution in [0.5, 0.6) is 0 Å². The van der Waals surface area contributed by atoms with Crippen molar-refractivity contribution in [3.8, 4) is 11.3 Å². The SMILES string of the molecule is CC1=CC2CC1C1C(=O)N(c3ccc(-c4cc(C(=O)OCC(=O)c5ccc(Cl)cc5Cl)c5ccc(Cl)c(C)c5n4)cc3)C(=O)C21. The number of halogens is 3. The number of allylic oxidation sites excluding steroid dienone is 2. The topological polar surface area (TPSA) is 93.6 Å². The maximum Gasteiger partial charge on any atom is 0.339 e. The molecule has 0 spiro atoms. The molecule has 45 heavy (non-hydrogen) atoms. The molecule has 7 rings (SSSR count). The Morgan fingerprint density at radius 2 is 1.62 bits per heavy atom. The molecule has 1 aliphatic heterocycles. The van der Waals surface area contributed by atoms with Crippen LogP contribution in [0.3, 0.4) is 0 Å². The maximum absolute atomic E-state index is 13.4. The molecule has 3 aliphatic rings. The first kappa shape index (κ1) is 29.7. The molecule has 2 aliphatic carbocycles. The van der Waals surface area contributed by atoms with Gasteiger partial charge < -0.3 is 4.74 Å². The lowest BCUT2D eigenvalue weighted by Gasteiger charge is -2.19. The van der Waals surface area contributed by atoms with E-state index in [0.717, 1.165) is 6.42 Å². The largest absolute Gasteiger partial charge is 0.454 e.